The molecular weight excluding hydrogens is 388 g/mol. The fourth-order valence-electron chi connectivity index (χ4n) is 3.40. The Labute approximate surface area is 150 Å². The number of thiophene rings is 1. The molecule has 0 atom stereocenters. The van der Waals surface area contributed by atoms with Crippen LogP contribution in [0.4, 0.5) is 0 Å². The number of hydrogen-bond acceptors (Lipinski definition) is 1. The van der Waals surface area contributed by atoms with Gasteiger partial charge < -0.3 is 0 Å². The fraction of sp³-hybridized carbons (Fsp3) is 0. The van der Waals surface area contributed by atoms with E-state index in [1.807, 2.05) is 17.4 Å². The predicted molar refractivity (Wildman–Crippen MR) is 107 cm³/mol. The van der Waals surface area contributed by atoms with E-state index in [4.69, 9.17) is 11.6 Å². The summed E-state index contributed by atoms with van der Waals surface area (Å²) >= 11 is 11.7. The standard InChI is InChI=1S/C20H10BrClS/c21-11-5-7-16-18(9-11)23-20-15-8-6-12(22)10-17(15)13-3-1-2-4-14(13)19(16)20/h1-10H. The molecule has 0 bridgehead atoms. The maximum absolute atomic E-state index is 6.27. The Bertz CT molecular complexity index is 1240. The van der Waals surface area contributed by atoms with Gasteiger partial charge in [-0.3, -0.25) is 0 Å². The first-order valence-corrected chi connectivity index (χ1v) is 9.33. The average Bonchev–Trinajstić information content (AvgIpc) is 2.93. The number of rotatable bonds is 0. The molecule has 23 heavy (non-hydrogen) atoms. The third-order valence-corrected chi connectivity index (χ3v) is 6.28. The van der Waals surface area contributed by atoms with E-state index in [1.165, 1.54) is 41.7 Å². The van der Waals surface area contributed by atoms with Crippen LogP contribution in [0.15, 0.2) is 65.1 Å². The molecule has 0 saturated heterocycles. The summed E-state index contributed by atoms with van der Waals surface area (Å²) in [5.74, 6) is 0. The van der Waals surface area contributed by atoms with Crippen molar-refractivity contribution in [3.63, 3.8) is 0 Å². The Kier molecular flexibility index (Phi) is 2.96. The van der Waals surface area contributed by atoms with Crippen LogP contribution < -0.4 is 0 Å². The van der Waals surface area contributed by atoms with Gasteiger partial charge in [0, 0.05) is 35.1 Å². The van der Waals surface area contributed by atoms with E-state index in [0.29, 0.717) is 0 Å². The van der Waals surface area contributed by atoms with Crippen molar-refractivity contribution in [3.05, 3.63) is 70.2 Å². The third kappa shape index (κ3) is 1.96. The first-order valence-electron chi connectivity index (χ1n) is 7.34. The molecule has 1 heterocycles. The highest BCUT2D eigenvalue weighted by atomic mass is 79.9. The van der Waals surface area contributed by atoms with Crippen molar-refractivity contribution in [2.24, 2.45) is 0 Å². The maximum Gasteiger partial charge on any atom is 0.0440 e. The Morgan fingerprint density at radius 3 is 2.39 bits per heavy atom. The summed E-state index contributed by atoms with van der Waals surface area (Å²) in [6, 6.07) is 21.4. The first kappa shape index (κ1) is 13.8. The molecule has 0 nitrogen and oxygen atoms in total. The Balaban J connectivity index is 2.18. The average molecular weight is 398 g/mol. The highest BCUT2D eigenvalue weighted by Crippen LogP contribution is 2.44. The van der Waals surface area contributed by atoms with Crippen molar-refractivity contribution in [2.45, 2.75) is 0 Å². The summed E-state index contributed by atoms with van der Waals surface area (Å²) in [5.41, 5.74) is 0. The minimum absolute atomic E-state index is 0.783. The second kappa shape index (κ2) is 4.94. The molecule has 0 amide bonds. The minimum atomic E-state index is 0.783. The van der Waals surface area contributed by atoms with Crippen molar-refractivity contribution in [1.82, 2.24) is 0 Å². The fourth-order valence-corrected chi connectivity index (χ4v) is 5.38. The summed E-state index contributed by atoms with van der Waals surface area (Å²) in [6.07, 6.45) is 0. The summed E-state index contributed by atoms with van der Waals surface area (Å²) in [7, 11) is 0. The van der Waals surface area contributed by atoms with Gasteiger partial charge in [0.25, 0.3) is 0 Å². The van der Waals surface area contributed by atoms with Gasteiger partial charge in [0.1, 0.15) is 0 Å². The van der Waals surface area contributed by atoms with Gasteiger partial charge in [-0.15, -0.1) is 11.3 Å². The molecule has 110 valence electrons. The van der Waals surface area contributed by atoms with Crippen LogP contribution in [0, 0.1) is 0 Å². The van der Waals surface area contributed by atoms with E-state index >= 15 is 0 Å². The largest absolute Gasteiger partial charge is 0.134 e. The van der Waals surface area contributed by atoms with Gasteiger partial charge in [-0.2, -0.15) is 0 Å². The Morgan fingerprint density at radius 1 is 0.739 bits per heavy atom. The van der Waals surface area contributed by atoms with Crippen LogP contribution in [-0.2, 0) is 0 Å². The summed E-state index contributed by atoms with van der Waals surface area (Å²) in [4.78, 5) is 0. The SMILES string of the molecule is Clc1ccc2c(c1)c1ccccc1c1c3ccc(Br)cc3sc21. The molecule has 0 spiro atoms. The van der Waals surface area contributed by atoms with E-state index in [9.17, 15) is 0 Å². The summed E-state index contributed by atoms with van der Waals surface area (Å²) < 4.78 is 3.76. The second-order valence-corrected chi connectivity index (χ2v) is 8.09. The number of fused-ring (bicyclic) bond motifs is 8. The van der Waals surface area contributed by atoms with E-state index < -0.39 is 0 Å². The Hall–Kier alpha value is -1.61. The van der Waals surface area contributed by atoms with Crippen LogP contribution in [0.3, 0.4) is 0 Å². The van der Waals surface area contributed by atoms with Gasteiger partial charge in [0.05, 0.1) is 0 Å². The molecule has 5 rings (SSSR count). The van der Waals surface area contributed by atoms with Crippen LogP contribution in [0.5, 0.6) is 0 Å². The quantitative estimate of drug-likeness (QED) is 0.234. The maximum atomic E-state index is 6.27. The van der Waals surface area contributed by atoms with Gasteiger partial charge in [-0.05, 0) is 40.4 Å². The molecule has 0 fully saturated rings. The van der Waals surface area contributed by atoms with Crippen molar-refractivity contribution in [3.8, 4) is 0 Å². The molecule has 0 N–H and O–H groups in total. The van der Waals surface area contributed by atoms with Crippen molar-refractivity contribution >= 4 is 80.6 Å². The van der Waals surface area contributed by atoms with Crippen LogP contribution in [0.1, 0.15) is 0 Å². The third-order valence-electron chi connectivity index (χ3n) is 4.36. The Morgan fingerprint density at radius 2 is 1.52 bits per heavy atom. The van der Waals surface area contributed by atoms with Crippen molar-refractivity contribution < 1.29 is 0 Å². The zero-order chi connectivity index (χ0) is 15.6. The minimum Gasteiger partial charge on any atom is -0.134 e. The highest BCUT2D eigenvalue weighted by Gasteiger charge is 2.14. The monoisotopic (exact) mass is 396 g/mol. The normalized spacial score (nSPS) is 11.9. The summed E-state index contributed by atoms with van der Waals surface area (Å²) in [6.45, 7) is 0. The number of halogens is 2. The smallest absolute Gasteiger partial charge is 0.0440 e. The van der Waals surface area contributed by atoms with Gasteiger partial charge in [-0.25, -0.2) is 0 Å². The zero-order valence-corrected chi connectivity index (χ0v) is 15.1. The van der Waals surface area contributed by atoms with Crippen LogP contribution in [0.25, 0.3) is 41.7 Å². The van der Waals surface area contributed by atoms with Crippen molar-refractivity contribution in [1.29, 1.82) is 0 Å². The lowest BCUT2D eigenvalue weighted by molar-refractivity contribution is 1.77. The topological polar surface area (TPSA) is 0 Å². The van der Waals surface area contributed by atoms with E-state index in [1.54, 1.807) is 0 Å². The van der Waals surface area contributed by atoms with Gasteiger partial charge in [0.15, 0.2) is 0 Å². The molecule has 0 aliphatic carbocycles. The van der Waals surface area contributed by atoms with Crippen LogP contribution >= 0.6 is 38.9 Å². The molecule has 5 aromatic rings. The lowest BCUT2D eigenvalue weighted by Gasteiger charge is -2.07. The van der Waals surface area contributed by atoms with Gasteiger partial charge >= 0.3 is 0 Å². The molecular formula is C20H10BrClS. The summed E-state index contributed by atoms with van der Waals surface area (Å²) in [5, 5.41) is 8.52. The first-order chi connectivity index (χ1) is 11.2. The lowest BCUT2D eigenvalue weighted by Crippen LogP contribution is -1.80. The molecule has 4 aromatic carbocycles. The highest BCUT2D eigenvalue weighted by molar-refractivity contribution is 9.10. The zero-order valence-electron chi connectivity index (χ0n) is 11.9. The van der Waals surface area contributed by atoms with E-state index in [-0.39, 0.29) is 0 Å². The molecule has 3 heteroatoms. The van der Waals surface area contributed by atoms with Crippen LogP contribution in [0.2, 0.25) is 5.02 Å². The van der Waals surface area contributed by atoms with E-state index in [0.717, 1.165) is 9.50 Å². The molecule has 1 aromatic heterocycles. The lowest BCUT2D eigenvalue weighted by atomic mass is 9.97. The number of hydrogen-bond donors (Lipinski definition) is 0. The predicted octanol–water partition coefficient (Wildman–Crippen LogP) is 7.78. The van der Waals surface area contributed by atoms with Gasteiger partial charge in [-0.1, -0.05) is 63.9 Å². The van der Waals surface area contributed by atoms with Crippen molar-refractivity contribution in [2.75, 3.05) is 0 Å². The molecule has 0 radical (unpaired) electrons. The van der Waals surface area contributed by atoms with E-state index in [2.05, 4.69) is 70.5 Å². The molecule has 0 unspecified atom stereocenters. The molecule has 0 aliphatic rings. The molecule has 0 saturated carbocycles. The number of benzene rings is 4. The van der Waals surface area contributed by atoms with Gasteiger partial charge in [0.2, 0.25) is 0 Å². The van der Waals surface area contributed by atoms with Crippen LogP contribution in [-0.4, -0.2) is 0 Å². The molecule has 0 aliphatic heterocycles. The second-order valence-electron chi connectivity index (χ2n) is 5.68.